The van der Waals surface area contributed by atoms with Crippen molar-refractivity contribution in [2.45, 2.75) is 102 Å². The number of anilines is 2. The van der Waals surface area contributed by atoms with Crippen molar-refractivity contribution in [1.82, 2.24) is 5.06 Å². The second kappa shape index (κ2) is 28.4. The van der Waals surface area contributed by atoms with Gasteiger partial charge < -0.3 is 38.7 Å². The third-order valence-electron chi connectivity index (χ3n) is 12.2. The molecule has 2 aromatic carbocycles. The third-order valence-corrected chi connectivity index (χ3v) is 14.6. The molecular weight excluding hydrogens is 1030 g/mol. The minimum Gasteiger partial charge on any atom is -0.507 e. The lowest BCUT2D eigenvalue weighted by atomic mass is 9.77. The predicted octanol–water partition coefficient (Wildman–Crippen LogP) is 6.29. The van der Waals surface area contributed by atoms with Gasteiger partial charge in [0.1, 0.15) is 5.75 Å². The number of hydrogen-bond acceptors (Lipinski definition) is 17. The molecule has 74 heavy (non-hydrogen) atoms. The van der Waals surface area contributed by atoms with Crippen LogP contribution in [0.4, 0.5) is 11.4 Å². The van der Waals surface area contributed by atoms with Crippen LogP contribution in [0.5, 0.6) is 5.75 Å². The number of hydrogen-bond donors (Lipinski definition) is 4. The molecule has 0 aromatic heterocycles. The minimum absolute atomic E-state index is 0.0277. The van der Waals surface area contributed by atoms with Crippen LogP contribution in [0.1, 0.15) is 103 Å². The fourth-order valence-electron chi connectivity index (χ4n) is 8.38. The molecule has 2 aliphatic heterocycles. The molecule has 24 heteroatoms. The van der Waals surface area contributed by atoms with Crippen LogP contribution in [0.25, 0.3) is 5.57 Å². The Kier molecular flexibility index (Phi) is 23.7. The minimum atomic E-state index is -4.68. The van der Waals surface area contributed by atoms with Crippen molar-refractivity contribution >= 4 is 65.1 Å². The van der Waals surface area contributed by atoms with Gasteiger partial charge in [-0.25, -0.2) is 4.79 Å². The molecule has 1 unspecified atom stereocenters. The van der Waals surface area contributed by atoms with Gasteiger partial charge in [-0.1, -0.05) is 45.4 Å². The average molecular weight is 1100 g/mol. The van der Waals surface area contributed by atoms with E-state index in [4.69, 9.17) is 23.8 Å². The van der Waals surface area contributed by atoms with Crippen molar-refractivity contribution < 1.29 is 82.2 Å². The first-order valence-corrected chi connectivity index (χ1v) is 29.1. The Balaban J connectivity index is 1.65. The number of methoxy groups -OCH3 is 1. The molecule has 0 aliphatic carbocycles. The summed E-state index contributed by atoms with van der Waals surface area (Å²) in [5.41, 5.74) is 2.05. The molecule has 1 atom stereocenters. The number of allylic oxidation sites excluding steroid dienone is 6. The Labute approximate surface area is 435 Å². The maximum absolute atomic E-state index is 12.5. The average Bonchev–Trinajstić information content (AvgIpc) is 3.73. The normalized spacial score (nSPS) is 17.3. The van der Waals surface area contributed by atoms with Crippen LogP contribution in [0.2, 0.25) is 0 Å². The summed E-state index contributed by atoms with van der Waals surface area (Å²) < 4.78 is 123. The van der Waals surface area contributed by atoms with Crippen molar-refractivity contribution in [2.75, 3.05) is 94.3 Å². The lowest BCUT2D eigenvalue weighted by Gasteiger charge is -2.30. The number of imide groups is 1. The molecule has 0 spiro atoms. The van der Waals surface area contributed by atoms with Gasteiger partial charge in [-0.15, -0.1) is 5.06 Å². The maximum Gasteiger partial charge on any atom is 0.333 e. The van der Waals surface area contributed by atoms with E-state index in [2.05, 4.69) is 20.8 Å². The van der Waals surface area contributed by atoms with E-state index in [1.54, 1.807) is 49.6 Å². The van der Waals surface area contributed by atoms with E-state index < -0.39 is 65.1 Å². The quantitative estimate of drug-likeness (QED) is 0.0264. The molecule has 0 radical (unpaired) electrons. The number of amides is 2. The summed E-state index contributed by atoms with van der Waals surface area (Å²) in [4.78, 5) is 44.8. The lowest BCUT2D eigenvalue weighted by molar-refractivity contribution is -0.197. The SMILES string of the molecule is COCCOCCOCCOCCN(CCCS(=O)(=O)O)c1ccc(C(=C\CC(C)(C)C)/C=C/C=C2\N(CCCCCC(=O)ON3C(=O)CCC3=O)c3ccc(S(=O)(=O)O)cc3C2(C)CCCS(=O)(=O)O)c(O)c1. The Bertz CT molecular complexity index is 2650. The molecule has 4 rings (SSSR count). The number of unbranched alkanes of at least 4 members (excludes halogenated alkanes) is 2. The predicted molar refractivity (Wildman–Crippen MR) is 277 cm³/mol. The van der Waals surface area contributed by atoms with Crippen molar-refractivity contribution in [3.63, 3.8) is 0 Å². The third kappa shape index (κ3) is 20.4. The molecule has 414 valence electrons. The standard InChI is InChI=1S/C50H73N3O18S3/c1-49(2,3)23-21-38(41-17-15-39(36-44(41)54)51(24-11-35-73(61,62)63)26-27-68-30-31-70-33-32-69-29-28-67-5)12-9-13-45-50(4,22-10-34-72(58,59)60)42-37-40(74(64,65)66)16-18-43(42)52(45)25-8-6-7-14-48(57)71-53-46(55)19-20-47(53)56/h9,12-13,15-18,21,36-37,54H,6-8,10-11,14,19-20,22-35H2,1-5H3,(H,58,59,60)(H,61,62,63)(H,64,65,66)/b12-9+,38-21-,45-13-. The zero-order valence-electron chi connectivity index (χ0n) is 42.9. The number of ether oxygens (including phenoxy) is 4. The van der Waals surface area contributed by atoms with E-state index in [9.17, 15) is 58.4 Å². The van der Waals surface area contributed by atoms with Gasteiger partial charge in [0.15, 0.2) is 0 Å². The number of hydroxylamine groups is 2. The number of rotatable bonds is 33. The molecule has 0 saturated carbocycles. The highest BCUT2D eigenvalue weighted by molar-refractivity contribution is 7.86. The van der Waals surface area contributed by atoms with Crippen LogP contribution in [0.3, 0.4) is 0 Å². The molecule has 1 fully saturated rings. The van der Waals surface area contributed by atoms with Gasteiger partial charge in [-0.05, 0) is 98.4 Å². The van der Waals surface area contributed by atoms with E-state index >= 15 is 0 Å². The topological polar surface area (TPSA) is 290 Å². The Morgan fingerprint density at radius 1 is 0.784 bits per heavy atom. The molecule has 21 nitrogen and oxygen atoms in total. The van der Waals surface area contributed by atoms with Crippen molar-refractivity contribution in [2.24, 2.45) is 5.41 Å². The van der Waals surface area contributed by atoms with E-state index in [0.29, 0.717) is 111 Å². The number of benzene rings is 2. The number of carbonyl (C=O) groups excluding carboxylic acids is 3. The monoisotopic (exact) mass is 1100 g/mol. The number of phenolic OH excluding ortho intramolecular Hbond substituents is 1. The zero-order chi connectivity index (χ0) is 54.7. The van der Waals surface area contributed by atoms with Crippen molar-refractivity contribution in [3.8, 4) is 5.75 Å². The van der Waals surface area contributed by atoms with Gasteiger partial charge in [0.2, 0.25) is 0 Å². The van der Waals surface area contributed by atoms with Crippen LogP contribution < -0.4 is 9.80 Å². The van der Waals surface area contributed by atoms with Gasteiger partial charge in [0, 0.05) is 80.1 Å². The highest BCUT2D eigenvalue weighted by Crippen LogP contribution is 2.51. The lowest BCUT2D eigenvalue weighted by Crippen LogP contribution is -2.32. The summed E-state index contributed by atoms with van der Waals surface area (Å²) >= 11 is 0. The van der Waals surface area contributed by atoms with Gasteiger partial charge in [-0.2, -0.15) is 25.3 Å². The molecular formula is C50H73N3O18S3. The molecule has 2 heterocycles. The summed E-state index contributed by atoms with van der Waals surface area (Å²) in [7, 11) is -11.7. The second-order valence-electron chi connectivity index (χ2n) is 19.4. The van der Waals surface area contributed by atoms with Crippen LogP contribution in [0, 0.1) is 5.41 Å². The highest BCUT2D eigenvalue weighted by atomic mass is 32.2. The second-order valence-corrected chi connectivity index (χ2v) is 23.9. The first-order valence-electron chi connectivity index (χ1n) is 24.5. The number of carbonyl (C=O) groups is 3. The molecule has 4 N–H and O–H groups in total. The molecule has 2 aromatic rings. The number of aromatic hydroxyl groups is 1. The molecule has 0 bridgehead atoms. The largest absolute Gasteiger partial charge is 0.507 e. The van der Waals surface area contributed by atoms with E-state index in [-0.39, 0.29) is 74.3 Å². The Hall–Kier alpha value is -4.76. The smallest absolute Gasteiger partial charge is 0.333 e. The Morgan fingerprint density at radius 3 is 2.00 bits per heavy atom. The summed E-state index contributed by atoms with van der Waals surface area (Å²) in [6.07, 6.45) is 9.24. The van der Waals surface area contributed by atoms with Crippen LogP contribution in [-0.4, -0.2) is 151 Å². The van der Waals surface area contributed by atoms with Crippen LogP contribution in [-0.2, 0) is 73.9 Å². The highest BCUT2D eigenvalue weighted by Gasteiger charge is 2.44. The van der Waals surface area contributed by atoms with Crippen molar-refractivity contribution in [3.05, 3.63) is 77.5 Å². The first-order chi connectivity index (χ1) is 34.7. The Morgan fingerprint density at radius 2 is 1.41 bits per heavy atom. The van der Waals surface area contributed by atoms with Crippen molar-refractivity contribution in [1.29, 1.82) is 0 Å². The molecule has 2 aliphatic rings. The molecule has 2 amide bonds. The number of fused-ring (bicyclic) bond motifs is 1. The fourth-order valence-corrected chi connectivity index (χ4v) is 9.89. The van der Waals surface area contributed by atoms with E-state index in [1.165, 1.54) is 12.1 Å². The van der Waals surface area contributed by atoms with Crippen LogP contribution in [0.15, 0.2) is 71.3 Å². The van der Waals surface area contributed by atoms with Gasteiger partial charge >= 0.3 is 5.97 Å². The van der Waals surface area contributed by atoms with Crippen LogP contribution >= 0.6 is 0 Å². The van der Waals surface area contributed by atoms with E-state index in [1.807, 2.05) is 22.8 Å². The first kappa shape index (κ1) is 61.8. The summed E-state index contributed by atoms with van der Waals surface area (Å²) in [6, 6.07) is 9.24. The molecule has 1 saturated heterocycles. The summed E-state index contributed by atoms with van der Waals surface area (Å²) in [5.74, 6) is -3.05. The van der Waals surface area contributed by atoms with Gasteiger partial charge in [0.25, 0.3) is 42.2 Å². The fraction of sp³-hybridized carbons (Fsp3) is 0.580. The van der Waals surface area contributed by atoms with E-state index in [0.717, 1.165) is 0 Å². The number of phenols is 1. The number of nitrogens with zero attached hydrogens (tertiary/aromatic N) is 3. The van der Waals surface area contributed by atoms with Gasteiger partial charge in [0.05, 0.1) is 62.6 Å². The van der Waals surface area contributed by atoms with Gasteiger partial charge in [-0.3, -0.25) is 23.2 Å². The maximum atomic E-state index is 12.5. The summed E-state index contributed by atoms with van der Waals surface area (Å²) in [5, 5.41) is 12.2. The zero-order valence-corrected chi connectivity index (χ0v) is 45.4. The summed E-state index contributed by atoms with van der Waals surface area (Å²) in [6.45, 7) is 11.4.